The van der Waals surface area contributed by atoms with Crippen LogP contribution in [0.4, 0.5) is 5.69 Å². The fraction of sp³-hybridized carbons (Fsp3) is 0.793. The molecule has 0 bridgehead atoms. The van der Waals surface area contributed by atoms with Crippen molar-refractivity contribution in [1.29, 1.82) is 0 Å². The normalized spacial score (nSPS) is 13.7. The number of hydrogen-bond donors (Lipinski definition) is 2. The number of nitrogens with two attached hydrogens (primary N) is 1. The number of anilines is 1. The van der Waals surface area contributed by atoms with Gasteiger partial charge in [0.2, 0.25) is 0 Å². The Bertz CT molecular complexity index is 673. The summed E-state index contributed by atoms with van der Waals surface area (Å²) in [5.41, 5.74) is 7.99. The molecule has 6 heteroatoms. The van der Waals surface area contributed by atoms with E-state index in [1.165, 1.54) is 102 Å². The number of aryl methyl sites for hydroxylation is 1. The molecule has 0 amide bonds. The van der Waals surface area contributed by atoms with Crippen LogP contribution in [0.1, 0.15) is 108 Å². The third-order valence-corrected chi connectivity index (χ3v) is 8.16. The predicted molar refractivity (Wildman–Crippen MR) is 152 cm³/mol. The van der Waals surface area contributed by atoms with Gasteiger partial charge in [0, 0.05) is 11.8 Å². The molecule has 1 aromatic rings. The summed E-state index contributed by atoms with van der Waals surface area (Å²) in [7, 11) is 2.77. The summed E-state index contributed by atoms with van der Waals surface area (Å²) in [6, 6.07) is 8.31. The highest BCUT2D eigenvalue weighted by Crippen LogP contribution is 2.42. The van der Waals surface area contributed by atoms with Crippen molar-refractivity contribution in [3.63, 3.8) is 0 Å². The smallest absolute Gasteiger partial charge is 0.328 e. The molecule has 35 heavy (non-hydrogen) atoms. The van der Waals surface area contributed by atoms with Crippen LogP contribution in [-0.4, -0.2) is 49.8 Å². The standard InChI is InChI=1S/C29H55N2O3P/c1-31(2,3)25-26-34-35(32,33)27-19-17-15-13-11-9-7-5-4-6-8-10-12-14-16-18-20-28-21-23-29(30)24-22-28/h21-24H,4-20,25-27,30H2,1-3H3/p+1. The Morgan fingerprint density at radius 2 is 1.11 bits per heavy atom. The average molecular weight is 512 g/mol. The van der Waals surface area contributed by atoms with E-state index in [9.17, 15) is 9.46 Å². The van der Waals surface area contributed by atoms with Gasteiger partial charge >= 0.3 is 7.60 Å². The van der Waals surface area contributed by atoms with Crippen LogP contribution in [0.3, 0.4) is 0 Å². The Kier molecular flexibility index (Phi) is 17.7. The second-order valence-electron chi connectivity index (χ2n) is 11.4. The number of quaternary nitrogens is 1. The summed E-state index contributed by atoms with van der Waals surface area (Å²) < 4.78 is 18.0. The van der Waals surface area contributed by atoms with Crippen LogP contribution in [0.25, 0.3) is 0 Å². The van der Waals surface area contributed by atoms with E-state index in [0.29, 0.717) is 12.8 Å². The second-order valence-corrected chi connectivity index (χ2v) is 13.3. The van der Waals surface area contributed by atoms with Crippen molar-refractivity contribution in [3.8, 4) is 0 Å². The van der Waals surface area contributed by atoms with E-state index in [1.807, 2.05) is 12.1 Å². The van der Waals surface area contributed by atoms with Crippen LogP contribution in [0.2, 0.25) is 0 Å². The molecule has 0 saturated carbocycles. The molecule has 0 aliphatic rings. The van der Waals surface area contributed by atoms with Gasteiger partial charge in [-0.2, -0.15) is 0 Å². The van der Waals surface area contributed by atoms with Gasteiger partial charge in [0.1, 0.15) is 13.2 Å². The quantitative estimate of drug-likeness (QED) is 0.0676. The number of hydrogen-bond acceptors (Lipinski definition) is 3. The first kappa shape index (κ1) is 32.2. The van der Waals surface area contributed by atoms with Crippen molar-refractivity contribution >= 4 is 13.3 Å². The molecule has 0 aromatic heterocycles. The Morgan fingerprint density at radius 3 is 1.54 bits per heavy atom. The molecule has 0 aliphatic carbocycles. The average Bonchev–Trinajstić information content (AvgIpc) is 2.78. The van der Waals surface area contributed by atoms with Crippen molar-refractivity contribution in [2.75, 3.05) is 46.2 Å². The largest absolute Gasteiger partial charge is 0.399 e. The summed E-state index contributed by atoms with van der Waals surface area (Å²) in [6.07, 6.45) is 22.0. The van der Waals surface area contributed by atoms with Gasteiger partial charge in [-0.3, -0.25) is 4.57 Å². The molecule has 3 N–H and O–H groups in total. The van der Waals surface area contributed by atoms with Crippen LogP contribution >= 0.6 is 7.60 Å². The molecule has 204 valence electrons. The topological polar surface area (TPSA) is 72.5 Å². The molecule has 0 fully saturated rings. The Morgan fingerprint density at radius 1 is 0.714 bits per heavy atom. The lowest BCUT2D eigenvalue weighted by atomic mass is 10.0. The Balaban J connectivity index is 1.77. The molecule has 0 saturated heterocycles. The van der Waals surface area contributed by atoms with Crippen molar-refractivity contribution in [2.24, 2.45) is 0 Å². The van der Waals surface area contributed by atoms with E-state index in [0.717, 1.165) is 29.6 Å². The molecular formula is C29H56N2O3P+. The van der Waals surface area contributed by atoms with Gasteiger partial charge in [0.05, 0.1) is 21.1 Å². The van der Waals surface area contributed by atoms with Gasteiger partial charge < -0.3 is 19.6 Å². The maximum Gasteiger partial charge on any atom is 0.328 e. The second kappa shape index (κ2) is 19.3. The van der Waals surface area contributed by atoms with Crippen LogP contribution in [0.15, 0.2) is 24.3 Å². The third-order valence-electron chi connectivity index (χ3n) is 6.69. The maximum absolute atomic E-state index is 12.0. The predicted octanol–water partition coefficient (Wildman–Crippen LogP) is 7.96. The van der Waals surface area contributed by atoms with Crippen LogP contribution < -0.4 is 5.73 Å². The monoisotopic (exact) mass is 511 g/mol. The van der Waals surface area contributed by atoms with Crippen molar-refractivity contribution in [1.82, 2.24) is 0 Å². The van der Waals surface area contributed by atoms with Gasteiger partial charge in [-0.1, -0.05) is 102 Å². The zero-order valence-electron chi connectivity index (χ0n) is 23.2. The van der Waals surface area contributed by atoms with Gasteiger partial charge in [0.15, 0.2) is 0 Å². The van der Waals surface area contributed by atoms with Gasteiger partial charge in [-0.25, -0.2) is 0 Å². The molecular weight excluding hydrogens is 455 g/mol. The summed E-state index contributed by atoms with van der Waals surface area (Å²) in [5.74, 6) is 0. The Hall–Kier alpha value is -0.870. The van der Waals surface area contributed by atoms with Crippen molar-refractivity contribution < 1.29 is 18.5 Å². The number of likely N-dealkylation sites (N-methyl/N-ethyl adjacent to an activating group) is 1. The van der Waals surface area contributed by atoms with E-state index < -0.39 is 7.60 Å². The van der Waals surface area contributed by atoms with Crippen molar-refractivity contribution in [3.05, 3.63) is 29.8 Å². The maximum atomic E-state index is 12.0. The fourth-order valence-corrected chi connectivity index (χ4v) is 5.44. The van der Waals surface area contributed by atoms with Gasteiger partial charge in [-0.15, -0.1) is 0 Å². The third kappa shape index (κ3) is 21.0. The molecule has 0 radical (unpaired) electrons. The number of nitrogen functional groups attached to an aromatic ring is 1. The zero-order valence-corrected chi connectivity index (χ0v) is 24.1. The summed E-state index contributed by atoms with van der Waals surface area (Å²) >= 11 is 0. The van der Waals surface area contributed by atoms with Crippen molar-refractivity contribution in [2.45, 2.75) is 109 Å². The minimum absolute atomic E-state index is 0.299. The molecule has 0 aliphatic heterocycles. The molecule has 1 rings (SSSR count). The minimum atomic E-state index is -3.40. The highest BCUT2D eigenvalue weighted by atomic mass is 31.2. The van der Waals surface area contributed by atoms with E-state index in [1.54, 1.807) is 0 Å². The zero-order chi connectivity index (χ0) is 25.8. The van der Waals surface area contributed by atoms with Gasteiger partial charge in [0.25, 0.3) is 0 Å². The first-order valence-electron chi connectivity index (χ1n) is 14.3. The highest BCUT2D eigenvalue weighted by molar-refractivity contribution is 7.52. The summed E-state index contributed by atoms with van der Waals surface area (Å²) in [6.45, 7) is 1.10. The molecule has 1 unspecified atom stereocenters. The van der Waals surface area contributed by atoms with E-state index in [-0.39, 0.29) is 0 Å². The molecule has 0 spiro atoms. The summed E-state index contributed by atoms with van der Waals surface area (Å²) in [5, 5.41) is 0. The lowest BCUT2D eigenvalue weighted by molar-refractivity contribution is -0.870. The van der Waals surface area contributed by atoms with Crippen LogP contribution in [0.5, 0.6) is 0 Å². The Labute approximate surface area is 217 Å². The number of benzene rings is 1. The number of unbranched alkanes of at least 4 members (excludes halogenated alkanes) is 15. The first-order chi connectivity index (χ1) is 16.7. The molecule has 0 heterocycles. The molecule has 1 aromatic carbocycles. The molecule has 5 nitrogen and oxygen atoms in total. The van der Waals surface area contributed by atoms with Gasteiger partial charge in [-0.05, 0) is 37.0 Å². The molecule has 1 atom stereocenters. The van der Waals surface area contributed by atoms with Crippen LogP contribution in [0, 0.1) is 0 Å². The lowest BCUT2D eigenvalue weighted by Gasteiger charge is -2.24. The fourth-order valence-electron chi connectivity index (χ4n) is 4.32. The number of nitrogens with zero attached hydrogens (tertiary/aromatic N) is 1. The van der Waals surface area contributed by atoms with E-state index in [4.69, 9.17) is 10.3 Å². The van der Waals surface area contributed by atoms with E-state index >= 15 is 0 Å². The minimum Gasteiger partial charge on any atom is -0.399 e. The van der Waals surface area contributed by atoms with Crippen LogP contribution in [-0.2, 0) is 15.5 Å². The summed E-state index contributed by atoms with van der Waals surface area (Å²) in [4.78, 5) is 9.91. The first-order valence-corrected chi connectivity index (χ1v) is 16.1. The SMILES string of the molecule is C[N+](C)(C)CCOP(=O)(O)CCCCCCCCCCCCCCCCCCc1ccc(N)cc1. The lowest BCUT2D eigenvalue weighted by Crippen LogP contribution is -2.37. The van der Waals surface area contributed by atoms with E-state index in [2.05, 4.69) is 33.3 Å². The highest BCUT2D eigenvalue weighted by Gasteiger charge is 2.20. The number of rotatable bonds is 23.